The van der Waals surface area contributed by atoms with Gasteiger partial charge in [-0.2, -0.15) is 0 Å². The summed E-state index contributed by atoms with van der Waals surface area (Å²) in [4.78, 5) is 11.5. The summed E-state index contributed by atoms with van der Waals surface area (Å²) in [5, 5.41) is 2.99. The van der Waals surface area contributed by atoms with Crippen molar-refractivity contribution >= 4 is 18.8 Å². The van der Waals surface area contributed by atoms with Crippen LogP contribution in [0.25, 0.3) is 0 Å². The van der Waals surface area contributed by atoms with Gasteiger partial charge in [-0.3, -0.25) is 4.79 Å². The average molecular weight is 304 g/mol. The Morgan fingerprint density at radius 1 is 1.05 bits per heavy atom. The third-order valence-electron chi connectivity index (χ3n) is 3.55. The van der Waals surface area contributed by atoms with E-state index < -0.39 is 0 Å². The Hall–Kier alpha value is -0.220. The highest BCUT2D eigenvalue weighted by molar-refractivity contribution is 7.75. The fourth-order valence-corrected chi connectivity index (χ4v) is 2.28. The van der Waals surface area contributed by atoms with E-state index in [0.717, 1.165) is 25.8 Å². The van der Waals surface area contributed by atoms with E-state index in [1.807, 2.05) is 6.92 Å². The molecule has 1 amide bonds. The molecule has 0 aromatic heterocycles. The van der Waals surface area contributed by atoms with Gasteiger partial charge in [0.2, 0.25) is 5.91 Å². The summed E-state index contributed by atoms with van der Waals surface area (Å²) < 4.78 is 4.86. The van der Waals surface area contributed by atoms with Gasteiger partial charge < -0.3 is 9.50 Å². The van der Waals surface area contributed by atoms with Crippen LogP contribution in [0.5, 0.6) is 0 Å². The van der Waals surface area contributed by atoms with Gasteiger partial charge in [-0.05, 0) is 39.1 Å². The average Bonchev–Trinajstić information content (AvgIpc) is 2.45. The molecule has 0 spiro atoms. The van der Waals surface area contributed by atoms with E-state index >= 15 is 0 Å². The lowest BCUT2D eigenvalue weighted by Gasteiger charge is -2.08. The molecule has 0 aromatic carbocycles. The van der Waals surface area contributed by atoms with Crippen LogP contribution >= 0.6 is 12.9 Å². The molecule has 0 radical (unpaired) electrons. The Kier molecular flexibility index (Phi) is 15.0. The van der Waals surface area contributed by atoms with Gasteiger partial charge in [-0.1, -0.05) is 51.9 Å². The topological polar surface area (TPSA) is 38.3 Å². The molecule has 1 unspecified atom stereocenters. The molecular formula is C16H33NO2S. The van der Waals surface area contributed by atoms with Crippen molar-refractivity contribution in [2.24, 2.45) is 0 Å². The number of amides is 1. The van der Waals surface area contributed by atoms with Gasteiger partial charge in [-0.25, -0.2) is 0 Å². The molecule has 1 atom stereocenters. The first-order chi connectivity index (χ1) is 9.70. The predicted molar refractivity (Wildman–Crippen MR) is 89.0 cm³/mol. The van der Waals surface area contributed by atoms with Crippen LogP contribution in [-0.4, -0.2) is 18.6 Å². The number of hydrogen-bond acceptors (Lipinski definition) is 3. The summed E-state index contributed by atoms with van der Waals surface area (Å²) in [5.41, 5.74) is 0. The van der Waals surface area contributed by atoms with Crippen molar-refractivity contribution < 1.29 is 8.98 Å². The second kappa shape index (κ2) is 15.2. The van der Waals surface area contributed by atoms with E-state index in [0.29, 0.717) is 6.42 Å². The van der Waals surface area contributed by atoms with Crippen molar-refractivity contribution in [3.63, 3.8) is 0 Å². The summed E-state index contributed by atoms with van der Waals surface area (Å²) in [6.07, 6.45) is 12.9. The molecular weight excluding hydrogens is 270 g/mol. The van der Waals surface area contributed by atoms with Gasteiger partial charge in [0, 0.05) is 13.0 Å². The van der Waals surface area contributed by atoms with Crippen LogP contribution in [0.2, 0.25) is 0 Å². The molecule has 0 aromatic rings. The Bertz CT molecular complexity index is 225. The summed E-state index contributed by atoms with van der Waals surface area (Å²) in [6.45, 7) is 5.03. The third-order valence-corrected chi connectivity index (χ3v) is 3.91. The Labute approximate surface area is 130 Å². The van der Waals surface area contributed by atoms with Gasteiger partial charge >= 0.3 is 0 Å². The molecule has 0 heterocycles. The molecule has 0 rings (SSSR count). The predicted octanol–water partition coefficient (Wildman–Crippen LogP) is 4.66. The number of carbonyl (C=O) groups excluding carboxylic acids is 1. The first-order valence-corrected chi connectivity index (χ1v) is 8.64. The third kappa shape index (κ3) is 14.2. The number of nitrogens with one attached hydrogen (secondary N) is 1. The van der Waals surface area contributed by atoms with Crippen LogP contribution in [0.4, 0.5) is 0 Å². The Morgan fingerprint density at radius 2 is 1.65 bits per heavy atom. The second-order valence-corrected chi connectivity index (χ2v) is 5.84. The molecule has 4 heteroatoms. The molecule has 0 bridgehead atoms. The second-order valence-electron chi connectivity index (χ2n) is 5.63. The molecule has 120 valence electrons. The number of hydrogen-bond donors (Lipinski definition) is 2. The first kappa shape index (κ1) is 19.8. The fraction of sp³-hybridized carbons (Fsp3) is 0.938. The summed E-state index contributed by atoms with van der Waals surface area (Å²) >= 11 is 3.76. The number of unbranched alkanes of at least 4 members (excludes halogenated alkanes) is 7. The summed E-state index contributed by atoms with van der Waals surface area (Å²) in [6, 6.07) is 0. The monoisotopic (exact) mass is 303 g/mol. The first-order valence-electron chi connectivity index (χ1n) is 8.27. The molecule has 0 aliphatic rings. The lowest BCUT2D eigenvalue weighted by molar-refractivity contribution is -0.121. The van der Waals surface area contributed by atoms with Crippen molar-refractivity contribution in [1.82, 2.24) is 5.32 Å². The SMILES string of the molecule is CCCCCCCCCCNC(=O)CCCC(C)OS. The highest BCUT2D eigenvalue weighted by Gasteiger charge is 2.04. The molecule has 20 heavy (non-hydrogen) atoms. The highest BCUT2D eigenvalue weighted by Crippen LogP contribution is 2.08. The van der Waals surface area contributed by atoms with E-state index in [4.69, 9.17) is 4.18 Å². The molecule has 0 saturated heterocycles. The van der Waals surface area contributed by atoms with E-state index in [1.165, 1.54) is 44.9 Å². The largest absolute Gasteiger partial charge is 0.356 e. The van der Waals surface area contributed by atoms with Crippen molar-refractivity contribution in [3.8, 4) is 0 Å². The maximum absolute atomic E-state index is 11.5. The van der Waals surface area contributed by atoms with Crippen LogP contribution in [0.3, 0.4) is 0 Å². The maximum Gasteiger partial charge on any atom is 0.219 e. The minimum Gasteiger partial charge on any atom is -0.356 e. The fourth-order valence-electron chi connectivity index (χ4n) is 2.18. The maximum atomic E-state index is 11.5. The lowest BCUT2D eigenvalue weighted by atomic mass is 10.1. The smallest absolute Gasteiger partial charge is 0.219 e. The summed E-state index contributed by atoms with van der Waals surface area (Å²) in [7, 11) is 0. The van der Waals surface area contributed by atoms with E-state index in [-0.39, 0.29) is 12.0 Å². The van der Waals surface area contributed by atoms with Crippen LogP contribution < -0.4 is 5.32 Å². The van der Waals surface area contributed by atoms with Gasteiger partial charge in [-0.15, -0.1) is 0 Å². The molecule has 3 nitrogen and oxygen atoms in total. The minimum atomic E-state index is 0.124. The number of carbonyl (C=O) groups is 1. The van der Waals surface area contributed by atoms with Crippen LogP contribution in [-0.2, 0) is 8.98 Å². The highest BCUT2D eigenvalue weighted by atomic mass is 32.1. The molecule has 0 aliphatic heterocycles. The number of rotatable bonds is 14. The standard InChI is InChI=1S/C16H33NO2S/c1-3-4-5-6-7-8-9-10-14-17-16(18)13-11-12-15(2)19-20/h15,20H,3-14H2,1-2H3,(H,17,18). The van der Waals surface area contributed by atoms with Gasteiger partial charge in [0.1, 0.15) is 0 Å². The molecule has 0 saturated carbocycles. The Balaban J connectivity index is 3.19. The zero-order chi connectivity index (χ0) is 15.1. The van der Waals surface area contributed by atoms with Gasteiger partial charge in [0.25, 0.3) is 0 Å². The van der Waals surface area contributed by atoms with Crippen LogP contribution in [0.15, 0.2) is 0 Å². The number of thiol groups is 1. The lowest BCUT2D eigenvalue weighted by Crippen LogP contribution is -2.24. The van der Waals surface area contributed by atoms with Crippen molar-refractivity contribution in [2.45, 2.75) is 90.6 Å². The van der Waals surface area contributed by atoms with E-state index in [9.17, 15) is 4.79 Å². The molecule has 0 aliphatic carbocycles. The normalized spacial score (nSPS) is 12.3. The van der Waals surface area contributed by atoms with Crippen LogP contribution in [0.1, 0.15) is 84.5 Å². The molecule has 0 fully saturated rings. The van der Waals surface area contributed by atoms with Crippen molar-refractivity contribution in [3.05, 3.63) is 0 Å². The van der Waals surface area contributed by atoms with Gasteiger partial charge in [0.05, 0.1) is 6.10 Å². The summed E-state index contributed by atoms with van der Waals surface area (Å²) in [5.74, 6) is 0.166. The molecule has 1 N–H and O–H groups in total. The van der Waals surface area contributed by atoms with E-state index in [2.05, 4.69) is 25.2 Å². The zero-order valence-corrected chi connectivity index (χ0v) is 14.2. The van der Waals surface area contributed by atoms with Crippen molar-refractivity contribution in [2.75, 3.05) is 6.54 Å². The van der Waals surface area contributed by atoms with E-state index in [1.54, 1.807) is 0 Å². The Morgan fingerprint density at radius 3 is 2.25 bits per heavy atom. The minimum absolute atomic E-state index is 0.124. The quantitative estimate of drug-likeness (QED) is 0.278. The van der Waals surface area contributed by atoms with Crippen LogP contribution in [0, 0.1) is 0 Å². The van der Waals surface area contributed by atoms with Crippen molar-refractivity contribution in [1.29, 1.82) is 0 Å². The van der Waals surface area contributed by atoms with Gasteiger partial charge in [0.15, 0.2) is 0 Å². The zero-order valence-electron chi connectivity index (χ0n) is 13.3.